The molecule has 84 valence electrons. The standard InChI is InChI=1S/C9H18O5/c1-2-14-9(11)8-13-6-3-5-12-7-4-10/h10H,2-8H2,1H3. The summed E-state index contributed by atoms with van der Waals surface area (Å²) in [4.78, 5) is 10.8. The van der Waals surface area contributed by atoms with Crippen LogP contribution in [0.1, 0.15) is 13.3 Å². The SMILES string of the molecule is CCOC(=O)COCCCOCCO. The van der Waals surface area contributed by atoms with Gasteiger partial charge in [-0.15, -0.1) is 0 Å². The van der Waals surface area contributed by atoms with Crippen molar-refractivity contribution in [3.63, 3.8) is 0 Å². The largest absolute Gasteiger partial charge is 0.464 e. The number of hydrogen-bond acceptors (Lipinski definition) is 5. The first kappa shape index (κ1) is 13.4. The highest BCUT2D eigenvalue weighted by atomic mass is 16.6. The smallest absolute Gasteiger partial charge is 0.332 e. The molecule has 0 aliphatic rings. The summed E-state index contributed by atoms with van der Waals surface area (Å²) in [5, 5.41) is 8.38. The van der Waals surface area contributed by atoms with Gasteiger partial charge in [0, 0.05) is 13.2 Å². The van der Waals surface area contributed by atoms with Crippen LogP contribution in [0.5, 0.6) is 0 Å². The zero-order valence-corrected chi connectivity index (χ0v) is 8.53. The first-order valence-electron chi connectivity index (χ1n) is 4.73. The van der Waals surface area contributed by atoms with Crippen LogP contribution in [0.15, 0.2) is 0 Å². The van der Waals surface area contributed by atoms with E-state index in [2.05, 4.69) is 4.74 Å². The fraction of sp³-hybridized carbons (Fsp3) is 0.889. The zero-order chi connectivity index (χ0) is 10.6. The Bertz CT molecular complexity index is 137. The van der Waals surface area contributed by atoms with E-state index in [1.165, 1.54) is 0 Å². The van der Waals surface area contributed by atoms with E-state index >= 15 is 0 Å². The quantitative estimate of drug-likeness (QED) is 0.424. The second-order valence-corrected chi connectivity index (χ2v) is 2.55. The van der Waals surface area contributed by atoms with E-state index in [0.29, 0.717) is 32.8 Å². The van der Waals surface area contributed by atoms with E-state index < -0.39 is 0 Å². The lowest BCUT2D eigenvalue weighted by atomic mass is 10.5. The van der Waals surface area contributed by atoms with E-state index in [4.69, 9.17) is 14.6 Å². The summed E-state index contributed by atoms with van der Waals surface area (Å²) < 4.78 is 14.7. The molecule has 0 rings (SSSR count). The van der Waals surface area contributed by atoms with Gasteiger partial charge in [0.1, 0.15) is 6.61 Å². The summed E-state index contributed by atoms with van der Waals surface area (Å²) in [7, 11) is 0. The molecule has 0 atom stereocenters. The molecule has 0 heterocycles. The Kier molecular flexibility index (Phi) is 9.95. The summed E-state index contributed by atoms with van der Waals surface area (Å²) in [6.07, 6.45) is 0.708. The molecule has 0 bridgehead atoms. The fourth-order valence-electron chi connectivity index (χ4n) is 0.788. The summed E-state index contributed by atoms with van der Waals surface area (Å²) in [6.45, 7) is 3.49. The van der Waals surface area contributed by atoms with Gasteiger partial charge in [-0.1, -0.05) is 0 Å². The lowest BCUT2D eigenvalue weighted by Crippen LogP contribution is -2.13. The van der Waals surface area contributed by atoms with Crippen LogP contribution in [0, 0.1) is 0 Å². The van der Waals surface area contributed by atoms with E-state index in [0.717, 1.165) is 0 Å². The molecule has 0 fully saturated rings. The lowest BCUT2D eigenvalue weighted by molar-refractivity contribution is -0.148. The van der Waals surface area contributed by atoms with Crippen LogP contribution >= 0.6 is 0 Å². The monoisotopic (exact) mass is 206 g/mol. The van der Waals surface area contributed by atoms with E-state index in [1.807, 2.05) is 0 Å². The molecule has 0 amide bonds. The van der Waals surface area contributed by atoms with Crippen molar-refractivity contribution in [1.82, 2.24) is 0 Å². The van der Waals surface area contributed by atoms with Crippen molar-refractivity contribution in [3.05, 3.63) is 0 Å². The van der Waals surface area contributed by atoms with Gasteiger partial charge in [0.2, 0.25) is 0 Å². The van der Waals surface area contributed by atoms with Crippen molar-refractivity contribution in [3.8, 4) is 0 Å². The normalized spacial score (nSPS) is 10.1. The Morgan fingerprint density at radius 3 is 2.57 bits per heavy atom. The molecular formula is C9H18O5. The van der Waals surface area contributed by atoms with Crippen LogP contribution in [-0.4, -0.2) is 50.7 Å². The second-order valence-electron chi connectivity index (χ2n) is 2.55. The lowest BCUT2D eigenvalue weighted by Gasteiger charge is -2.04. The molecule has 0 saturated heterocycles. The number of rotatable bonds is 9. The van der Waals surface area contributed by atoms with Gasteiger partial charge in [0.05, 0.1) is 19.8 Å². The third-order valence-electron chi connectivity index (χ3n) is 1.34. The van der Waals surface area contributed by atoms with Gasteiger partial charge >= 0.3 is 5.97 Å². The first-order chi connectivity index (χ1) is 6.81. The predicted molar refractivity (Wildman–Crippen MR) is 50.0 cm³/mol. The highest BCUT2D eigenvalue weighted by Gasteiger charge is 2.00. The average molecular weight is 206 g/mol. The molecule has 0 aromatic rings. The van der Waals surface area contributed by atoms with Gasteiger partial charge < -0.3 is 19.3 Å². The van der Waals surface area contributed by atoms with Crippen molar-refractivity contribution < 1.29 is 24.1 Å². The molecule has 0 saturated carbocycles. The maximum Gasteiger partial charge on any atom is 0.332 e. The molecule has 0 aromatic carbocycles. The summed E-state index contributed by atoms with van der Waals surface area (Å²) in [6, 6.07) is 0. The summed E-state index contributed by atoms with van der Waals surface area (Å²) in [5.41, 5.74) is 0. The first-order valence-corrected chi connectivity index (χ1v) is 4.73. The van der Waals surface area contributed by atoms with E-state index in [1.54, 1.807) is 6.92 Å². The van der Waals surface area contributed by atoms with Crippen LogP contribution in [-0.2, 0) is 19.0 Å². The number of ether oxygens (including phenoxy) is 3. The molecule has 0 aliphatic heterocycles. The Morgan fingerprint density at radius 1 is 1.21 bits per heavy atom. The Morgan fingerprint density at radius 2 is 1.93 bits per heavy atom. The van der Waals surface area contributed by atoms with Gasteiger partial charge in [-0.2, -0.15) is 0 Å². The van der Waals surface area contributed by atoms with Crippen LogP contribution in [0.3, 0.4) is 0 Å². The Balaban J connectivity index is 3.01. The van der Waals surface area contributed by atoms with Crippen molar-refractivity contribution >= 4 is 5.97 Å². The molecule has 5 nitrogen and oxygen atoms in total. The minimum Gasteiger partial charge on any atom is -0.464 e. The molecule has 0 aliphatic carbocycles. The predicted octanol–water partition coefficient (Wildman–Crippen LogP) is -0.0349. The number of carbonyl (C=O) groups excluding carboxylic acids is 1. The number of carbonyl (C=O) groups is 1. The molecule has 0 spiro atoms. The number of aliphatic hydroxyl groups excluding tert-OH is 1. The van der Waals surface area contributed by atoms with Gasteiger partial charge in [-0.05, 0) is 13.3 Å². The summed E-state index contributed by atoms with van der Waals surface area (Å²) >= 11 is 0. The van der Waals surface area contributed by atoms with Crippen molar-refractivity contribution in [2.24, 2.45) is 0 Å². The Labute approximate surface area is 84.0 Å². The minimum absolute atomic E-state index is 0.00611. The molecular weight excluding hydrogens is 188 g/mol. The maximum absolute atomic E-state index is 10.8. The van der Waals surface area contributed by atoms with Crippen molar-refractivity contribution in [2.45, 2.75) is 13.3 Å². The van der Waals surface area contributed by atoms with Gasteiger partial charge in [-0.3, -0.25) is 0 Å². The van der Waals surface area contributed by atoms with Gasteiger partial charge in [0.15, 0.2) is 0 Å². The fourth-order valence-corrected chi connectivity index (χ4v) is 0.788. The molecule has 0 aromatic heterocycles. The highest BCUT2D eigenvalue weighted by molar-refractivity contribution is 5.70. The minimum atomic E-state index is -0.344. The second kappa shape index (κ2) is 10.4. The Hall–Kier alpha value is -0.650. The van der Waals surface area contributed by atoms with E-state index in [9.17, 15) is 4.79 Å². The van der Waals surface area contributed by atoms with Crippen molar-refractivity contribution in [1.29, 1.82) is 0 Å². The average Bonchev–Trinajstić information content (AvgIpc) is 2.17. The van der Waals surface area contributed by atoms with Crippen LogP contribution < -0.4 is 0 Å². The maximum atomic E-state index is 10.8. The summed E-state index contributed by atoms with van der Waals surface area (Å²) in [5.74, 6) is -0.344. The van der Waals surface area contributed by atoms with Gasteiger partial charge in [0.25, 0.3) is 0 Å². The van der Waals surface area contributed by atoms with Gasteiger partial charge in [-0.25, -0.2) is 4.79 Å². The highest BCUT2D eigenvalue weighted by Crippen LogP contribution is 1.86. The van der Waals surface area contributed by atoms with Crippen LogP contribution in [0.25, 0.3) is 0 Å². The number of aliphatic hydroxyl groups is 1. The van der Waals surface area contributed by atoms with Crippen LogP contribution in [0.4, 0.5) is 0 Å². The molecule has 0 radical (unpaired) electrons. The van der Waals surface area contributed by atoms with E-state index in [-0.39, 0.29) is 19.2 Å². The van der Waals surface area contributed by atoms with Crippen LogP contribution in [0.2, 0.25) is 0 Å². The third-order valence-corrected chi connectivity index (χ3v) is 1.34. The molecule has 0 unspecified atom stereocenters. The topological polar surface area (TPSA) is 65.0 Å². The van der Waals surface area contributed by atoms with Crippen molar-refractivity contribution in [2.75, 3.05) is 39.6 Å². The molecule has 5 heteroatoms. The third kappa shape index (κ3) is 9.44. The number of hydrogen-bond donors (Lipinski definition) is 1. The number of esters is 1. The molecule has 14 heavy (non-hydrogen) atoms. The molecule has 1 N–H and O–H groups in total. The zero-order valence-electron chi connectivity index (χ0n) is 8.53.